The van der Waals surface area contributed by atoms with Crippen molar-refractivity contribution in [3.05, 3.63) is 60.2 Å². The number of carbonyl (C=O) groups is 2. The van der Waals surface area contributed by atoms with Gasteiger partial charge in [0.05, 0.1) is 5.69 Å². The second-order valence-corrected chi connectivity index (χ2v) is 8.75. The minimum Gasteiger partial charge on any atom is -0.462 e. The zero-order valence-electron chi connectivity index (χ0n) is 17.4. The van der Waals surface area contributed by atoms with E-state index < -0.39 is 5.41 Å². The molecular weight excluding hydrogens is 381 g/mol. The predicted molar refractivity (Wildman–Crippen MR) is 113 cm³/mol. The van der Waals surface area contributed by atoms with E-state index in [-0.39, 0.29) is 35.6 Å². The van der Waals surface area contributed by atoms with Gasteiger partial charge in [0.25, 0.3) is 0 Å². The van der Waals surface area contributed by atoms with Gasteiger partial charge in [-0.05, 0) is 60.9 Å². The van der Waals surface area contributed by atoms with E-state index in [1.807, 2.05) is 31.2 Å². The summed E-state index contributed by atoms with van der Waals surface area (Å²) in [5.41, 5.74) is 1.35. The van der Waals surface area contributed by atoms with Crippen LogP contribution in [0.4, 0.5) is 4.39 Å². The lowest BCUT2D eigenvalue weighted by atomic mass is 9.55. The lowest BCUT2D eigenvalue weighted by Crippen LogP contribution is -2.48. The van der Waals surface area contributed by atoms with Gasteiger partial charge in [-0.2, -0.15) is 0 Å². The van der Waals surface area contributed by atoms with Crippen molar-refractivity contribution in [1.29, 1.82) is 0 Å². The number of allylic oxidation sites excluding steroid dienone is 1. The van der Waals surface area contributed by atoms with Gasteiger partial charge >= 0.3 is 5.97 Å². The van der Waals surface area contributed by atoms with Crippen LogP contribution in [0.2, 0.25) is 0 Å². The summed E-state index contributed by atoms with van der Waals surface area (Å²) in [6, 6.07) is 10.2. The molecule has 0 amide bonds. The number of hydrogen-bond acceptors (Lipinski definition) is 4. The molecule has 1 aliphatic heterocycles. The zero-order valence-corrected chi connectivity index (χ0v) is 17.4. The van der Waals surface area contributed by atoms with E-state index in [0.29, 0.717) is 12.3 Å². The first-order chi connectivity index (χ1) is 14.4. The van der Waals surface area contributed by atoms with Gasteiger partial charge < -0.3 is 9.53 Å². The molecule has 1 aliphatic carbocycles. The van der Waals surface area contributed by atoms with Crippen LogP contribution in [0.25, 0.3) is 17.2 Å². The Hall–Kier alpha value is -2.82. The number of fused-ring (bicyclic) bond motifs is 1. The van der Waals surface area contributed by atoms with Crippen LogP contribution in [0, 0.1) is 34.9 Å². The van der Waals surface area contributed by atoms with Crippen LogP contribution in [0.5, 0.6) is 0 Å². The largest absolute Gasteiger partial charge is 0.462 e. The van der Waals surface area contributed by atoms with Crippen molar-refractivity contribution in [3.63, 3.8) is 0 Å². The molecule has 4 nitrogen and oxygen atoms in total. The van der Waals surface area contributed by atoms with Gasteiger partial charge in [0.1, 0.15) is 23.6 Å². The third kappa shape index (κ3) is 3.36. The average Bonchev–Trinajstić information content (AvgIpc) is 2.98. The second kappa shape index (κ2) is 7.78. The summed E-state index contributed by atoms with van der Waals surface area (Å²) in [4.78, 5) is 29.0. The molecule has 0 N–H and O–H groups in total. The first kappa shape index (κ1) is 20.5. The minimum atomic E-state index is -1.05. The van der Waals surface area contributed by atoms with Crippen LogP contribution in [0.3, 0.4) is 0 Å². The van der Waals surface area contributed by atoms with Gasteiger partial charge in [-0.1, -0.05) is 38.1 Å². The highest BCUT2D eigenvalue weighted by Crippen LogP contribution is 2.55. The zero-order chi connectivity index (χ0) is 21.5. The summed E-state index contributed by atoms with van der Waals surface area (Å²) in [5, 5.41) is 0. The number of aromatic nitrogens is 1. The molecule has 2 aromatic rings. The lowest BCUT2D eigenvalue weighted by Gasteiger charge is -2.44. The first-order valence-electron chi connectivity index (χ1n) is 10.4. The topological polar surface area (TPSA) is 56.3 Å². The van der Waals surface area contributed by atoms with Crippen molar-refractivity contribution in [2.45, 2.75) is 33.3 Å². The second-order valence-electron chi connectivity index (χ2n) is 8.75. The fourth-order valence-electron chi connectivity index (χ4n) is 5.23. The standard InChI is InChI=1S/C25H26FNO3/c1-15-12-25(14-28)23(17(3)30-24(25)29)22(16(15)2)10-9-21-8-7-19(13-27-21)18-5-4-6-20(26)11-18/h4-11,13-17,22-23H,12H2,1-3H3/b10-9+/t15-,16+,17+,22-,23-,25-/m0/s1. The van der Waals surface area contributed by atoms with Crippen molar-refractivity contribution in [3.8, 4) is 11.1 Å². The van der Waals surface area contributed by atoms with E-state index in [9.17, 15) is 14.0 Å². The van der Waals surface area contributed by atoms with Crippen molar-refractivity contribution in [2.75, 3.05) is 0 Å². The fraction of sp³-hybridized carbons (Fsp3) is 0.400. The summed E-state index contributed by atoms with van der Waals surface area (Å²) in [6.07, 6.45) is 6.80. The fourth-order valence-corrected chi connectivity index (χ4v) is 5.23. The Morgan fingerprint density at radius 2 is 1.97 bits per heavy atom. The van der Waals surface area contributed by atoms with Crippen molar-refractivity contribution < 1.29 is 18.7 Å². The lowest BCUT2D eigenvalue weighted by molar-refractivity contribution is -0.152. The highest BCUT2D eigenvalue weighted by atomic mass is 19.1. The SMILES string of the molecule is C[C@H]1[C@H](/C=C/c2ccc(-c3cccc(F)c3)cn2)[C@@H]2[C@@H](C)OC(=O)[C@]2(C=O)C[C@@H]1C. The molecular formula is C25H26FNO3. The van der Waals surface area contributed by atoms with Crippen LogP contribution in [-0.4, -0.2) is 23.3 Å². The van der Waals surface area contributed by atoms with Crippen LogP contribution in [0.1, 0.15) is 32.9 Å². The number of carbonyl (C=O) groups excluding carboxylic acids is 2. The summed E-state index contributed by atoms with van der Waals surface area (Å²) < 4.78 is 19.0. The average molecular weight is 407 g/mol. The molecule has 1 saturated carbocycles. The molecule has 156 valence electrons. The maximum atomic E-state index is 13.5. The smallest absolute Gasteiger partial charge is 0.320 e. The highest BCUT2D eigenvalue weighted by molar-refractivity contribution is 5.95. The van der Waals surface area contributed by atoms with Gasteiger partial charge in [0, 0.05) is 17.7 Å². The van der Waals surface area contributed by atoms with Crippen molar-refractivity contribution in [1.82, 2.24) is 4.98 Å². The number of halogens is 1. The number of pyridine rings is 1. The molecule has 1 aromatic heterocycles. The number of esters is 1. The number of rotatable bonds is 4. The molecule has 0 spiro atoms. The molecule has 2 fully saturated rings. The van der Waals surface area contributed by atoms with Gasteiger partial charge in [0.15, 0.2) is 0 Å². The molecule has 0 bridgehead atoms. The summed E-state index contributed by atoms with van der Waals surface area (Å²) >= 11 is 0. The van der Waals surface area contributed by atoms with Crippen LogP contribution < -0.4 is 0 Å². The number of cyclic esters (lactones) is 1. The minimum absolute atomic E-state index is 0.0325. The number of benzene rings is 1. The third-order valence-corrected chi connectivity index (χ3v) is 7.00. The maximum Gasteiger partial charge on any atom is 0.320 e. The number of aldehydes is 1. The number of ether oxygens (including phenoxy) is 1. The Morgan fingerprint density at radius 3 is 2.63 bits per heavy atom. The van der Waals surface area contributed by atoms with E-state index in [0.717, 1.165) is 23.1 Å². The molecule has 30 heavy (non-hydrogen) atoms. The Kier molecular flexibility index (Phi) is 5.31. The first-order valence-corrected chi connectivity index (χ1v) is 10.4. The monoisotopic (exact) mass is 407 g/mol. The molecule has 4 rings (SSSR count). The quantitative estimate of drug-likeness (QED) is 0.409. The summed E-state index contributed by atoms with van der Waals surface area (Å²) in [6.45, 7) is 6.14. The van der Waals surface area contributed by atoms with Crippen molar-refractivity contribution in [2.24, 2.45) is 29.1 Å². The molecule has 0 radical (unpaired) electrons. The van der Waals surface area contributed by atoms with E-state index in [1.165, 1.54) is 12.1 Å². The Bertz CT molecular complexity index is 986. The Morgan fingerprint density at radius 1 is 1.17 bits per heavy atom. The third-order valence-electron chi connectivity index (χ3n) is 7.00. The predicted octanol–water partition coefficient (Wildman–Crippen LogP) is 4.94. The number of nitrogens with zero attached hydrogens (tertiary/aromatic N) is 1. The highest BCUT2D eigenvalue weighted by Gasteiger charge is 2.62. The van der Waals surface area contributed by atoms with E-state index in [2.05, 4.69) is 24.9 Å². The normalized spacial score (nSPS) is 33.3. The van der Waals surface area contributed by atoms with Crippen molar-refractivity contribution >= 4 is 18.3 Å². The van der Waals surface area contributed by atoms with E-state index in [1.54, 1.807) is 12.3 Å². The molecule has 5 heteroatoms. The molecule has 6 atom stereocenters. The Balaban J connectivity index is 1.60. The summed E-state index contributed by atoms with van der Waals surface area (Å²) in [7, 11) is 0. The van der Waals surface area contributed by atoms with Crippen LogP contribution >= 0.6 is 0 Å². The molecule has 1 aromatic carbocycles. The Labute approximate surface area is 176 Å². The molecule has 1 saturated heterocycles. The summed E-state index contributed by atoms with van der Waals surface area (Å²) in [5.74, 6) is -0.269. The molecule has 2 heterocycles. The number of hydrogen-bond donors (Lipinski definition) is 0. The van der Waals surface area contributed by atoms with Gasteiger partial charge in [-0.15, -0.1) is 0 Å². The van der Waals surface area contributed by atoms with E-state index >= 15 is 0 Å². The van der Waals surface area contributed by atoms with Gasteiger partial charge in [-0.25, -0.2) is 4.39 Å². The van der Waals surface area contributed by atoms with Crippen LogP contribution in [-0.2, 0) is 14.3 Å². The maximum absolute atomic E-state index is 13.5. The van der Waals surface area contributed by atoms with E-state index in [4.69, 9.17) is 4.74 Å². The molecule has 2 aliphatic rings. The molecule has 0 unspecified atom stereocenters. The van der Waals surface area contributed by atoms with Crippen LogP contribution in [0.15, 0.2) is 48.7 Å². The van der Waals surface area contributed by atoms with Gasteiger partial charge in [-0.3, -0.25) is 9.78 Å². The van der Waals surface area contributed by atoms with Gasteiger partial charge in [0.2, 0.25) is 0 Å².